The van der Waals surface area contributed by atoms with Crippen molar-refractivity contribution in [3.05, 3.63) is 11.8 Å². The zero-order valence-electron chi connectivity index (χ0n) is 9.11. The number of ether oxygens (including phenoxy) is 1. The summed E-state index contributed by atoms with van der Waals surface area (Å²) in [5.74, 6) is 0.844. The third-order valence-corrected chi connectivity index (χ3v) is 3.73. The van der Waals surface area contributed by atoms with Crippen molar-refractivity contribution in [1.82, 2.24) is 4.90 Å². The molecule has 1 N–H and O–H groups in total. The van der Waals surface area contributed by atoms with Crippen molar-refractivity contribution in [2.24, 2.45) is 0 Å². The second kappa shape index (κ2) is 3.49. The molecule has 3 rings (SSSR count). The highest BCUT2D eigenvalue weighted by molar-refractivity contribution is 5.16. The molecule has 1 saturated heterocycles. The molecule has 1 unspecified atom stereocenters. The van der Waals surface area contributed by atoms with E-state index in [0.29, 0.717) is 0 Å². The first-order valence-corrected chi connectivity index (χ1v) is 6.08. The van der Waals surface area contributed by atoms with Gasteiger partial charge >= 0.3 is 0 Å². The van der Waals surface area contributed by atoms with Gasteiger partial charge in [-0.2, -0.15) is 0 Å². The van der Waals surface area contributed by atoms with Gasteiger partial charge in [0.15, 0.2) is 0 Å². The summed E-state index contributed by atoms with van der Waals surface area (Å²) in [6.45, 7) is 2.59. The first kappa shape index (κ1) is 9.67. The van der Waals surface area contributed by atoms with Crippen molar-refractivity contribution >= 4 is 0 Å². The summed E-state index contributed by atoms with van der Waals surface area (Å²) in [6.07, 6.45) is 7.70. The van der Waals surface area contributed by atoms with Crippen molar-refractivity contribution in [2.75, 3.05) is 19.7 Å². The Labute approximate surface area is 90.7 Å². The lowest BCUT2D eigenvalue weighted by atomic mass is 9.98. The first-order chi connectivity index (χ1) is 7.28. The van der Waals surface area contributed by atoms with E-state index in [1.54, 1.807) is 0 Å². The van der Waals surface area contributed by atoms with Crippen LogP contribution in [0.3, 0.4) is 0 Å². The molecule has 84 valence electrons. The molecule has 3 aliphatic rings. The summed E-state index contributed by atoms with van der Waals surface area (Å²) in [6, 6.07) is 0.753. The van der Waals surface area contributed by atoms with Crippen LogP contribution in [0.15, 0.2) is 11.8 Å². The fourth-order valence-corrected chi connectivity index (χ4v) is 2.66. The maximum absolute atomic E-state index is 10.5. The zero-order valence-corrected chi connectivity index (χ0v) is 9.11. The number of allylic oxidation sites excluding steroid dienone is 1. The largest absolute Gasteiger partial charge is 0.495 e. The molecule has 15 heavy (non-hydrogen) atoms. The van der Waals surface area contributed by atoms with Crippen LogP contribution in [-0.2, 0) is 4.74 Å². The van der Waals surface area contributed by atoms with E-state index in [4.69, 9.17) is 4.74 Å². The van der Waals surface area contributed by atoms with Crippen molar-refractivity contribution in [3.8, 4) is 0 Å². The Hall–Kier alpha value is -0.540. The van der Waals surface area contributed by atoms with Gasteiger partial charge in [0.05, 0.1) is 6.61 Å². The summed E-state index contributed by atoms with van der Waals surface area (Å²) in [7, 11) is 0. The van der Waals surface area contributed by atoms with Gasteiger partial charge in [0.25, 0.3) is 0 Å². The zero-order chi connectivity index (χ0) is 10.3. The van der Waals surface area contributed by atoms with Crippen LogP contribution in [0, 0.1) is 0 Å². The molecular weight excluding hydrogens is 190 g/mol. The SMILES string of the molecule is OC1(C2=CCCCO2)CCN(C2CC2)C1. The Balaban J connectivity index is 1.70. The van der Waals surface area contributed by atoms with E-state index < -0.39 is 5.60 Å². The highest BCUT2D eigenvalue weighted by Gasteiger charge is 2.45. The quantitative estimate of drug-likeness (QED) is 0.743. The van der Waals surface area contributed by atoms with E-state index in [0.717, 1.165) is 50.8 Å². The molecular formula is C12H19NO2. The number of aliphatic hydroxyl groups is 1. The molecule has 2 heterocycles. The third kappa shape index (κ3) is 1.79. The summed E-state index contributed by atoms with van der Waals surface area (Å²) in [5, 5.41) is 10.5. The van der Waals surface area contributed by atoms with Gasteiger partial charge in [-0.3, -0.25) is 4.90 Å². The average Bonchev–Trinajstić information content (AvgIpc) is 3.04. The molecule has 3 nitrogen and oxygen atoms in total. The van der Waals surface area contributed by atoms with E-state index in [2.05, 4.69) is 11.0 Å². The second-order valence-corrected chi connectivity index (χ2v) is 5.04. The number of β-amino-alcohol motifs (C(OH)–C–C–N with tert-alkyl or cyclic N) is 1. The van der Waals surface area contributed by atoms with Crippen LogP contribution in [0.25, 0.3) is 0 Å². The van der Waals surface area contributed by atoms with E-state index in [-0.39, 0.29) is 0 Å². The lowest BCUT2D eigenvalue weighted by molar-refractivity contribution is 0.0110. The number of nitrogens with zero attached hydrogens (tertiary/aromatic N) is 1. The van der Waals surface area contributed by atoms with Gasteiger partial charge in [0.1, 0.15) is 11.4 Å². The van der Waals surface area contributed by atoms with E-state index >= 15 is 0 Å². The highest BCUT2D eigenvalue weighted by atomic mass is 16.5. The van der Waals surface area contributed by atoms with Gasteiger partial charge in [0, 0.05) is 19.1 Å². The number of hydrogen-bond acceptors (Lipinski definition) is 3. The molecule has 2 aliphatic heterocycles. The van der Waals surface area contributed by atoms with Crippen molar-refractivity contribution in [1.29, 1.82) is 0 Å². The van der Waals surface area contributed by atoms with E-state index in [9.17, 15) is 5.11 Å². The molecule has 0 spiro atoms. The number of rotatable bonds is 2. The average molecular weight is 209 g/mol. The summed E-state index contributed by atoms with van der Waals surface area (Å²) in [5.41, 5.74) is -0.678. The monoisotopic (exact) mass is 209 g/mol. The van der Waals surface area contributed by atoms with Crippen LogP contribution >= 0.6 is 0 Å². The molecule has 2 fully saturated rings. The van der Waals surface area contributed by atoms with Gasteiger partial charge in [-0.25, -0.2) is 0 Å². The van der Waals surface area contributed by atoms with Crippen LogP contribution in [0.2, 0.25) is 0 Å². The van der Waals surface area contributed by atoms with Crippen LogP contribution in [-0.4, -0.2) is 41.3 Å². The molecule has 1 saturated carbocycles. The molecule has 1 atom stereocenters. The predicted molar refractivity (Wildman–Crippen MR) is 57.4 cm³/mol. The standard InChI is InChI=1S/C12H19NO2/c14-12(11-3-1-2-8-15-11)6-7-13(9-12)10-4-5-10/h3,10,14H,1-2,4-9H2. The summed E-state index contributed by atoms with van der Waals surface area (Å²) < 4.78 is 5.60. The second-order valence-electron chi connectivity index (χ2n) is 5.04. The fraction of sp³-hybridized carbons (Fsp3) is 0.833. The molecule has 0 aromatic heterocycles. The van der Waals surface area contributed by atoms with Gasteiger partial charge in [-0.05, 0) is 38.2 Å². The Morgan fingerprint density at radius 3 is 3.00 bits per heavy atom. The Morgan fingerprint density at radius 2 is 2.33 bits per heavy atom. The summed E-state index contributed by atoms with van der Waals surface area (Å²) >= 11 is 0. The topological polar surface area (TPSA) is 32.7 Å². The van der Waals surface area contributed by atoms with Crippen LogP contribution < -0.4 is 0 Å². The molecule has 0 aromatic rings. The van der Waals surface area contributed by atoms with Gasteiger partial charge in [-0.15, -0.1) is 0 Å². The Kier molecular flexibility index (Phi) is 2.25. The van der Waals surface area contributed by atoms with E-state index in [1.165, 1.54) is 12.8 Å². The molecule has 0 aromatic carbocycles. The lowest BCUT2D eigenvalue weighted by Gasteiger charge is -2.28. The van der Waals surface area contributed by atoms with Crippen molar-refractivity contribution < 1.29 is 9.84 Å². The summed E-state index contributed by atoms with van der Waals surface area (Å²) in [4.78, 5) is 2.42. The molecule has 0 amide bonds. The molecule has 0 radical (unpaired) electrons. The maximum Gasteiger partial charge on any atom is 0.135 e. The smallest absolute Gasteiger partial charge is 0.135 e. The van der Waals surface area contributed by atoms with Crippen LogP contribution in [0.4, 0.5) is 0 Å². The fourth-order valence-electron chi connectivity index (χ4n) is 2.66. The minimum atomic E-state index is -0.678. The number of hydrogen-bond donors (Lipinski definition) is 1. The Morgan fingerprint density at radius 1 is 1.47 bits per heavy atom. The van der Waals surface area contributed by atoms with Gasteiger partial charge in [0.2, 0.25) is 0 Å². The molecule has 0 bridgehead atoms. The van der Waals surface area contributed by atoms with Gasteiger partial charge < -0.3 is 9.84 Å². The minimum Gasteiger partial charge on any atom is -0.495 e. The van der Waals surface area contributed by atoms with Gasteiger partial charge in [-0.1, -0.05) is 0 Å². The van der Waals surface area contributed by atoms with E-state index in [1.807, 2.05) is 0 Å². The van der Waals surface area contributed by atoms with Crippen LogP contribution in [0.1, 0.15) is 32.1 Å². The molecule has 1 aliphatic carbocycles. The first-order valence-electron chi connectivity index (χ1n) is 6.08. The Bertz CT molecular complexity index is 285. The third-order valence-electron chi connectivity index (χ3n) is 3.73. The van der Waals surface area contributed by atoms with Crippen molar-refractivity contribution in [3.63, 3.8) is 0 Å². The minimum absolute atomic E-state index is 0.678. The van der Waals surface area contributed by atoms with Crippen molar-refractivity contribution in [2.45, 2.75) is 43.7 Å². The number of likely N-dealkylation sites (tertiary alicyclic amines) is 1. The molecule has 3 heteroatoms. The predicted octanol–water partition coefficient (Wildman–Crippen LogP) is 1.28. The maximum atomic E-state index is 10.5. The van der Waals surface area contributed by atoms with Crippen LogP contribution in [0.5, 0.6) is 0 Å². The lowest BCUT2D eigenvalue weighted by Crippen LogP contribution is -2.37. The normalized spacial score (nSPS) is 37.5. The highest BCUT2D eigenvalue weighted by Crippen LogP contribution is 2.37.